The van der Waals surface area contributed by atoms with E-state index in [0.717, 1.165) is 22.1 Å². The van der Waals surface area contributed by atoms with Crippen molar-refractivity contribution >= 4 is 30.5 Å². The summed E-state index contributed by atoms with van der Waals surface area (Å²) in [5, 5.41) is 0.151. The molecule has 0 aromatic heterocycles. The fraction of sp³-hybridized carbons (Fsp3) is 0.500. The molecule has 0 atom stereocenters. The lowest BCUT2D eigenvalue weighted by Crippen LogP contribution is -2.44. The van der Waals surface area contributed by atoms with E-state index in [-0.39, 0.29) is 5.04 Å². The lowest BCUT2D eigenvalue weighted by molar-refractivity contribution is -0.107. The molecule has 1 aromatic carbocycles. The number of hydrogen-bond donors (Lipinski definition) is 0. The Bertz CT molecular complexity index is 436. The van der Waals surface area contributed by atoms with Crippen molar-refractivity contribution in [2.75, 3.05) is 0 Å². The first-order valence-corrected chi connectivity index (χ1v) is 9.78. The van der Waals surface area contributed by atoms with Gasteiger partial charge >= 0.3 is 0 Å². The molecule has 0 aliphatic heterocycles. The highest BCUT2D eigenvalue weighted by Gasteiger charge is 2.39. The zero-order valence-corrected chi connectivity index (χ0v) is 14.3. The Morgan fingerprint density at radius 1 is 1.33 bits per heavy atom. The van der Waals surface area contributed by atoms with Gasteiger partial charge in [0.1, 0.15) is 12.0 Å². The van der Waals surface area contributed by atoms with Crippen molar-refractivity contribution in [3.63, 3.8) is 0 Å². The highest BCUT2D eigenvalue weighted by molar-refractivity contribution is 9.10. The molecule has 4 heteroatoms. The quantitative estimate of drug-likeness (QED) is 0.597. The van der Waals surface area contributed by atoms with E-state index in [0.29, 0.717) is 6.42 Å². The van der Waals surface area contributed by atoms with Crippen LogP contribution in [0.2, 0.25) is 18.1 Å². The van der Waals surface area contributed by atoms with Crippen molar-refractivity contribution in [3.8, 4) is 5.75 Å². The summed E-state index contributed by atoms with van der Waals surface area (Å²) < 4.78 is 7.24. The lowest BCUT2D eigenvalue weighted by Gasteiger charge is -2.37. The minimum Gasteiger partial charge on any atom is -0.543 e. The maximum Gasteiger partial charge on any atom is 0.250 e. The SMILES string of the molecule is CC(C)(C)[Si](C)(C)Oc1ccc(Br)cc1CC=O. The topological polar surface area (TPSA) is 26.3 Å². The molecular weight excluding hydrogens is 308 g/mol. The number of rotatable bonds is 4. The molecule has 0 amide bonds. The summed E-state index contributed by atoms with van der Waals surface area (Å²) in [6, 6.07) is 5.86. The third kappa shape index (κ3) is 3.69. The van der Waals surface area contributed by atoms with Crippen molar-refractivity contribution < 1.29 is 9.22 Å². The van der Waals surface area contributed by atoms with Gasteiger partial charge in [-0.2, -0.15) is 0 Å². The van der Waals surface area contributed by atoms with E-state index in [1.807, 2.05) is 18.2 Å². The number of halogens is 1. The van der Waals surface area contributed by atoms with E-state index in [1.165, 1.54) is 0 Å². The normalized spacial score (nSPS) is 12.3. The Balaban J connectivity index is 3.07. The van der Waals surface area contributed by atoms with Gasteiger partial charge in [-0.25, -0.2) is 0 Å². The fourth-order valence-electron chi connectivity index (χ4n) is 1.32. The molecule has 0 bridgehead atoms. The molecule has 0 heterocycles. The first-order chi connectivity index (χ1) is 8.17. The largest absolute Gasteiger partial charge is 0.543 e. The highest BCUT2D eigenvalue weighted by Crippen LogP contribution is 2.38. The van der Waals surface area contributed by atoms with Gasteiger partial charge in [0.25, 0.3) is 0 Å². The molecular formula is C14H21BrO2Si. The summed E-state index contributed by atoms with van der Waals surface area (Å²) in [6.07, 6.45) is 1.31. The van der Waals surface area contributed by atoms with Gasteiger partial charge in [-0.15, -0.1) is 0 Å². The van der Waals surface area contributed by atoms with E-state index >= 15 is 0 Å². The van der Waals surface area contributed by atoms with Gasteiger partial charge in [0, 0.05) is 16.5 Å². The number of carbonyl (C=O) groups is 1. The second-order valence-electron chi connectivity index (χ2n) is 5.99. The van der Waals surface area contributed by atoms with Crippen molar-refractivity contribution in [1.82, 2.24) is 0 Å². The second-order valence-corrected chi connectivity index (χ2v) is 11.6. The molecule has 0 spiro atoms. The summed E-state index contributed by atoms with van der Waals surface area (Å²) in [5.74, 6) is 0.844. The molecule has 0 saturated heterocycles. The molecule has 100 valence electrons. The van der Waals surface area contributed by atoms with Crippen LogP contribution < -0.4 is 4.43 Å². The number of benzene rings is 1. The van der Waals surface area contributed by atoms with Crippen LogP contribution in [-0.4, -0.2) is 14.6 Å². The van der Waals surface area contributed by atoms with Gasteiger partial charge in [0.05, 0.1) is 0 Å². The van der Waals surface area contributed by atoms with E-state index in [4.69, 9.17) is 4.43 Å². The molecule has 0 aliphatic rings. The van der Waals surface area contributed by atoms with Gasteiger partial charge in [-0.1, -0.05) is 36.7 Å². The van der Waals surface area contributed by atoms with Crippen LogP contribution in [0.25, 0.3) is 0 Å². The Hall–Kier alpha value is -0.613. The van der Waals surface area contributed by atoms with Crippen molar-refractivity contribution in [2.24, 2.45) is 0 Å². The van der Waals surface area contributed by atoms with Crippen molar-refractivity contribution in [1.29, 1.82) is 0 Å². The third-order valence-electron chi connectivity index (χ3n) is 3.50. The Morgan fingerprint density at radius 3 is 2.44 bits per heavy atom. The first-order valence-electron chi connectivity index (χ1n) is 6.08. The monoisotopic (exact) mass is 328 g/mol. The van der Waals surface area contributed by atoms with Crippen LogP contribution in [-0.2, 0) is 11.2 Å². The molecule has 18 heavy (non-hydrogen) atoms. The van der Waals surface area contributed by atoms with Gasteiger partial charge in [-0.05, 0) is 36.3 Å². The van der Waals surface area contributed by atoms with Gasteiger partial charge < -0.3 is 9.22 Å². The summed E-state index contributed by atoms with van der Waals surface area (Å²) in [4.78, 5) is 10.7. The highest BCUT2D eigenvalue weighted by atomic mass is 79.9. The van der Waals surface area contributed by atoms with Crippen LogP contribution in [0.5, 0.6) is 5.75 Å². The van der Waals surface area contributed by atoms with Crippen LogP contribution in [0, 0.1) is 0 Å². The predicted molar refractivity (Wildman–Crippen MR) is 81.7 cm³/mol. The van der Waals surface area contributed by atoms with E-state index in [2.05, 4.69) is 49.8 Å². The number of aldehydes is 1. The summed E-state index contributed by atoms with van der Waals surface area (Å²) in [7, 11) is -1.85. The molecule has 0 aliphatic carbocycles. The smallest absolute Gasteiger partial charge is 0.250 e. The molecule has 1 aromatic rings. The Kier molecular flexibility index (Phi) is 4.78. The standard InChI is InChI=1S/C14H21BrO2Si/c1-14(2,3)18(4,5)17-13-7-6-12(15)10-11(13)8-9-16/h6-7,9-10H,8H2,1-5H3. The van der Waals surface area contributed by atoms with Gasteiger partial charge in [0.2, 0.25) is 8.32 Å². The van der Waals surface area contributed by atoms with Crippen LogP contribution in [0.15, 0.2) is 22.7 Å². The van der Waals surface area contributed by atoms with Crippen LogP contribution in [0.4, 0.5) is 0 Å². The Labute approximate surface area is 119 Å². The Morgan fingerprint density at radius 2 is 1.94 bits per heavy atom. The summed E-state index contributed by atoms with van der Waals surface area (Å²) >= 11 is 3.43. The molecule has 0 N–H and O–H groups in total. The number of carbonyl (C=O) groups excluding carboxylic acids is 1. The molecule has 1 rings (SSSR count). The second kappa shape index (κ2) is 5.57. The van der Waals surface area contributed by atoms with E-state index in [1.54, 1.807) is 0 Å². The lowest BCUT2D eigenvalue weighted by atomic mass is 10.1. The van der Waals surface area contributed by atoms with Crippen LogP contribution in [0.1, 0.15) is 26.3 Å². The minimum absolute atomic E-state index is 0.151. The first kappa shape index (κ1) is 15.4. The maximum atomic E-state index is 10.7. The molecule has 2 nitrogen and oxygen atoms in total. The zero-order valence-electron chi connectivity index (χ0n) is 11.7. The molecule has 0 unspecified atom stereocenters. The average molecular weight is 329 g/mol. The van der Waals surface area contributed by atoms with Gasteiger partial charge in [0.15, 0.2) is 0 Å². The van der Waals surface area contributed by atoms with Gasteiger partial charge in [-0.3, -0.25) is 0 Å². The predicted octanol–water partition coefficient (Wildman–Crippen LogP) is 4.57. The summed E-state index contributed by atoms with van der Waals surface area (Å²) in [5.41, 5.74) is 0.948. The van der Waals surface area contributed by atoms with E-state index < -0.39 is 8.32 Å². The fourth-order valence-corrected chi connectivity index (χ4v) is 2.79. The average Bonchev–Trinajstić information content (AvgIpc) is 2.20. The minimum atomic E-state index is -1.85. The number of hydrogen-bond acceptors (Lipinski definition) is 2. The summed E-state index contributed by atoms with van der Waals surface area (Å²) in [6.45, 7) is 11.0. The molecule has 0 radical (unpaired) electrons. The maximum absolute atomic E-state index is 10.7. The zero-order chi connectivity index (χ0) is 14.0. The van der Waals surface area contributed by atoms with Crippen LogP contribution in [0.3, 0.4) is 0 Å². The third-order valence-corrected chi connectivity index (χ3v) is 8.33. The van der Waals surface area contributed by atoms with Crippen molar-refractivity contribution in [2.45, 2.75) is 45.3 Å². The van der Waals surface area contributed by atoms with Crippen molar-refractivity contribution in [3.05, 3.63) is 28.2 Å². The van der Waals surface area contributed by atoms with E-state index in [9.17, 15) is 4.79 Å². The molecule has 0 saturated carbocycles. The molecule has 0 fully saturated rings. The van der Waals surface area contributed by atoms with Crippen LogP contribution >= 0.6 is 15.9 Å².